The Morgan fingerprint density at radius 2 is 1.58 bits per heavy atom. The van der Waals surface area contributed by atoms with E-state index in [1.165, 1.54) is 13.2 Å². The van der Waals surface area contributed by atoms with Gasteiger partial charge in [0.05, 0.1) is 27.7 Å². The number of halogens is 3. The van der Waals surface area contributed by atoms with Crippen molar-refractivity contribution in [3.05, 3.63) is 98.4 Å². The molecule has 4 aromatic rings. The zero-order valence-electron chi connectivity index (χ0n) is 18.7. The SMILES string of the molecule is COc1c(C(=O)NC(=S)Nc2cccc(NC(=O)c3ccc(Cl)cc3Cl)c2)cc2ccccc2c1Br. The maximum atomic E-state index is 13.0. The molecule has 2 amide bonds. The fourth-order valence-electron chi connectivity index (χ4n) is 3.53. The van der Waals surface area contributed by atoms with E-state index < -0.39 is 11.8 Å². The molecule has 0 fully saturated rings. The van der Waals surface area contributed by atoms with Gasteiger partial charge in [-0.1, -0.05) is 53.5 Å². The first-order valence-corrected chi connectivity index (χ1v) is 12.5. The Balaban J connectivity index is 1.47. The highest BCUT2D eigenvalue weighted by Gasteiger charge is 2.19. The average Bonchev–Trinajstić information content (AvgIpc) is 2.84. The van der Waals surface area contributed by atoms with Gasteiger partial charge < -0.3 is 15.4 Å². The van der Waals surface area contributed by atoms with Crippen LogP contribution >= 0.6 is 51.3 Å². The van der Waals surface area contributed by atoms with Crippen molar-refractivity contribution in [2.24, 2.45) is 0 Å². The molecule has 0 unspecified atom stereocenters. The normalized spacial score (nSPS) is 10.6. The molecule has 4 rings (SSSR count). The fraction of sp³-hybridized carbons (Fsp3) is 0.0385. The second-order valence-electron chi connectivity index (χ2n) is 7.56. The largest absolute Gasteiger partial charge is 0.495 e. The van der Waals surface area contributed by atoms with Crippen molar-refractivity contribution in [1.29, 1.82) is 0 Å². The summed E-state index contributed by atoms with van der Waals surface area (Å²) in [5.74, 6) is -0.420. The quantitative estimate of drug-likeness (QED) is 0.209. The Hall–Kier alpha value is -3.17. The molecule has 0 spiro atoms. The summed E-state index contributed by atoms with van der Waals surface area (Å²) in [5, 5.41) is 11.0. The number of carbonyl (C=O) groups excluding carboxylic acids is 2. The third-order valence-corrected chi connectivity index (χ3v) is 6.71. The zero-order chi connectivity index (χ0) is 25.8. The minimum Gasteiger partial charge on any atom is -0.495 e. The van der Waals surface area contributed by atoms with Gasteiger partial charge in [-0.15, -0.1) is 0 Å². The summed E-state index contributed by atoms with van der Waals surface area (Å²) in [6.07, 6.45) is 0. The topological polar surface area (TPSA) is 79.5 Å². The van der Waals surface area contributed by atoms with Gasteiger partial charge in [-0.3, -0.25) is 14.9 Å². The minimum atomic E-state index is -0.433. The summed E-state index contributed by atoms with van der Waals surface area (Å²) < 4.78 is 6.16. The molecule has 0 aliphatic rings. The lowest BCUT2D eigenvalue weighted by Gasteiger charge is -2.15. The number of hydrogen-bond acceptors (Lipinski definition) is 4. The molecule has 0 atom stereocenters. The van der Waals surface area contributed by atoms with Crippen LogP contribution < -0.4 is 20.7 Å². The van der Waals surface area contributed by atoms with E-state index in [0.29, 0.717) is 32.2 Å². The predicted octanol–water partition coefficient (Wildman–Crippen LogP) is 7.30. The molecule has 0 bridgehead atoms. The number of methoxy groups -OCH3 is 1. The molecule has 0 aromatic heterocycles. The van der Waals surface area contributed by atoms with E-state index in [1.807, 2.05) is 24.3 Å². The van der Waals surface area contributed by atoms with E-state index in [0.717, 1.165) is 10.8 Å². The van der Waals surface area contributed by atoms with Crippen LogP contribution in [0.25, 0.3) is 10.8 Å². The summed E-state index contributed by atoms with van der Waals surface area (Å²) >= 11 is 20.9. The highest BCUT2D eigenvalue weighted by atomic mass is 79.9. The van der Waals surface area contributed by atoms with Crippen molar-refractivity contribution in [3.8, 4) is 5.75 Å². The first-order valence-electron chi connectivity index (χ1n) is 10.5. The maximum absolute atomic E-state index is 13.0. The fourth-order valence-corrected chi connectivity index (χ4v) is 4.97. The Kier molecular flexibility index (Phi) is 8.11. The summed E-state index contributed by atoms with van der Waals surface area (Å²) in [4.78, 5) is 25.6. The Morgan fingerprint density at radius 3 is 2.31 bits per heavy atom. The van der Waals surface area contributed by atoms with Crippen molar-refractivity contribution in [1.82, 2.24) is 5.32 Å². The summed E-state index contributed by atoms with van der Waals surface area (Å²) in [6, 6.07) is 20.9. The van der Waals surface area contributed by atoms with Gasteiger partial charge in [-0.2, -0.15) is 0 Å². The van der Waals surface area contributed by atoms with Crippen LogP contribution in [0.5, 0.6) is 5.75 Å². The lowest BCUT2D eigenvalue weighted by molar-refractivity contribution is 0.0973. The molecule has 0 aliphatic carbocycles. The third kappa shape index (κ3) is 5.79. The van der Waals surface area contributed by atoms with E-state index in [-0.39, 0.29) is 15.7 Å². The number of hydrogen-bond donors (Lipinski definition) is 3. The number of anilines is 2. The van der Waals surface area contributed by atoms with Gasteiger partial charge in [0.25, 0.3) is 11.8 Å². The first-order chi connectivity index (χ1) is 17.3. The molecule has 0 heterocycles. The van der Waals surface area contributed by atoms with Crippen LogP contribution in [-0.2, 0) is 0 Å². The van der Waals surface area contributed by atoms with E-state index >= 15 is 0 Å². The Bertz CT molecular complexity index is 1510. The van der Waals surface area contributed by atoms with Crippen LogP contribution in [0.3, 0.4) is 0 Å². The monoisotopic (exact) mass is 601 g/mol. The molecule has 4 aromatic carbocycles. The number of fused-ring (bicyclic) bond motifs is 1. The highest BCUT2D eigenvalue weighted by molar-refractivity contribution is 9.10. The standard InChI is InChI=1S/C26H18BrCl2N3O3S/c1-35-23-20(11-14-5-2-3-8-18(14)22(23)27)25(34)32-26(36)31-17-7-4-6-16(13-17)30-24(33)19-10-9-15(28)12-21(19)29/h2-13H,1H3,(H,30,33)(H2,31,32,34,36). The highest BCUT2D eigenvalue weighted by Crippen LogP contribution is 2.36. The number of thiocarbonyl (C=S) groups is 1. The predicted molar refractivity (Wildman–Crippen MR) is 153 cm³/mol. The number of benzene rings is 4. The number of nitrogens with one attached hydrogen (secondary N) is 3. The second kappa shape index (κ2) is 11.3. The number of rotatable bonds is 5. The molecule has 0 saturated carbocycles. The van der Waals surface area contributed by atoms with Gasteiger partial charge >= 0.3 is 0 Å². The van der Waals surface area contributed by atoms with Gasteiger partial charge in [0.2, 0.25) is 0 Å². The third-order valence-electron chi connectivity index (χ3n) is 5.17. The Morgan fingerprint density at radius 1 is 0.861 bits per heavy atom. The van der Waals surface area contributed by atoms with Gasteiger partial charge in [0.1, 0.15) is 5.75 Å². The maximum Gasteiger partial charge on any atom is 0.261 e. The van der Waals surface area contributed by atoms with Crippen LogP contribution in [0.4, 0.5) is 11.4 Å². The zero-order valence-corrected chi connectivity index (χ0v) is 22.6. The lowest BCUT2D eigenvalue weighted by atomic mass is 10.1. The molecule has 182 valence electrons. The molecular formula is C26H18BrCl2N3O3S. The molecule has 0 saturated heterocycles. The van der Waals surface area contributed by atoms with Gasteiger partial charge in [0, 0.05) is 16.4 Å². The van der Waals surface area contributed by atoms with E-state index in [1.54, 1.807) is 42.5 Å². The van der Waals surface area contributed by atoms with Crippen LogP contribution in [0, 0.1) is 0 Å². The molecule has 0 aliphatic heterocycles. The molecular weight excluding hydrogens is 585 g/mol. The average molecular weight is 603 g/mol. The van der Waals surface area contributed by atoms with Crippen LogP contribution in [0.15, 0.2) is 77.3 Å². The van der Waals surface area contributed by atoms with Crippen molar-refractivity contribution in [2.75, 3.05) is 17.7 Å². The molecule has 0 radical (unpaired) electrons. The van der Waals surface area contributed by atoms with Crippen molar-refractivity contribution >= 4 is 90.4 Å². The van der Waals surface area contributed by atoms with E-state index in [2.05, 4.69) is 31.9 Å². The molecule has 36 heavy (non-hydrogen) atoms. The van der Waals surface area contributed by atoms with Gasteiger partial charge in [-0.25, -0.2) is 0 Å². The molecule has 6 nitrogen and oxygen atoms in total. The first kappa shape index (κ1) is 25.9. The smallest absolute Gasteiger partial charge is 0.261 e. The van der Waals surface area contributed by atoms with E-state index in [9.17, 15) is 9.59 Å². The lowest BCUT2D eigenvalue weighted by Crippen LogP contribution is -2.34. The van der Waals surface area contributed by atoms with Gasteiger partial charge in [-0.05, 0) is 81.4 Å². The van der Waals surface area contributed by atoms with Crippen molar-refractivity contribution in [3.63, 3.8) is 0 Å². The second-order valence-corrected chi connectivity index (χ2v) is 9.60. The van der Waals surface area contributed by atoms with Gasteiger partial charge in [0.15, 0.2) is 5.11 Å². The summed E-state index contributed by atoms with van der Waals surface area (Å²) in [5.41, 5.74) is 1.68. The summed E-state index contributed by atoms with van der Waals surface area (Å²) in [7, 11) is 1.50. The van der Waals surface area contributed by atoms with Crippen LogP contribution in [0.1, 0.15) is 20.7 Å². The van der Waals surface area contributed by atoms with Crippen LogP contribution in [-0.4, -0.2) is 24.0 Å². The Labute approximate surface area is 231 Å². The van der Waals surface area contributed by atoms with Crippen molar-refractivity contribution < 1.29 is 14.3 Å². The minimum absolute atomic E-state index is 0.0792. The number of ether oxygens (including phenoxy) is 1. The number of amides is 2. The summed E-state index contributed by atoms with van der Waals surface area (Å²) in [6.45, 7) is 0. The van der Waals surface area contributed by atoms with E-state index in [4.69, 9.17) is 40.2 Å². The molecule has 3 N–H and O–H groups in total. The van der Waals surface area contributed by atoms with Crippen molar-refractivity contribution in [2.45, 2.75) is 0 Å². The molecule has 10 heteroatoms. The number of carbonyl (C=O) groups is 2. The van der Waals surface area contributed by atoms with Crippen LogP contribution in [0.2, 0.25) is 10.0 Å².